The average Bonchev–Trinajstić information content (AvgIpc) is 3.86. The highest BCUT2D eigenvalue weighted by Gasteiger charge is 2.19. The Labute approximate surface area is 304 Å². The molecule has 0 amide bonds. The van der Waals surface area contributed by atoms with Gasteiger partial charge >= 0.3 is 0 Å². The van der Waals surface area contributed by atoms with Gasteiger partial charge in [0.15, 0.2) is 5.78 Å². The minimum absolute atomic E-state index is 0.0205. The Morgan fingerprint density at radius 3 is 1.11 bits per heavy atom. The quantitative estimate of drug-likeness (QED) is 0.170. The first-order valence-electron chi connectivity index (χ1n) is 17.8. The lowest BCUT2D eigenvalue weighted by molar-refractivity contribution is 0.103. The van der Waals surface area contributed by atoms with E-state index in [4.69, 9.17) is 0 Å². The smallest absolute Gasteiger partial charge is 0.193 e. The molecular weight excluding hydrogens is 649 g/mol. The molecule has 7 aromatic carbocycles. The molecule has 0 spiro atoms. The molecule has 4 heterocycles. The van der Waals surface area contributed by atoms with Gasteiger partial charge in [0, 0.05) is 72.9 Å². The van der Waals surface area contributed by atoms with Gasteiger partial charge in [-0.15, -0.1) is 0 Å². The van der Waals surface area contributed by atoms with Crippen molar-refractivity contribution < 1.29 is 4.79 Å². The maximum atomic E-state index is 13.3. The van der Waals surface area contributed by atoms with Gasteiger partial charge in [-0.2, -0.15) is 0 Å². The van der Waals surface area contributed by atoms with Crippen LogP contribution in [0.25, 0.3) is 82.5 Å². The molecule has 0 aliphatic carbocycles. The Morgan fingerprint density at radius 2 is 0.679 bits per heavy atom. The van der Waals surface area contributed by atoms with Gasteiger partial charge in [0.1, 0.15) is 0 Å². The number of carbonyl (C=O) groups is 1. The van der Waals surface area contributed by atoms with Crippen molar-refractivity contribution in [1.29, 1.82) is 0 Å². The normalized spacial score (nSPS) is 11.8. The largest absolute Gasteiger partial charge is 0.309 e. The van der Waals surface area contributed by atoms with Gasteiger partial charge in [0.25, 0.3) is 0 Å². The van der Waals surface area contributed by atoms with Crippen LogP contribution >= 0.6 is 0 Å². The fourth-order valence-electron chi connectivity index (χ4n) is 8.39. The summed E-state index contributed by atoms with van der Waals surface area (Å²) >= 11 is 0. The van der Waals surface area contributed by atoms with Crippen molar-refractivity contribution in [2.45, 2.75) is 0 Å². The highest BCUT2D eigenvalue weighted by atomic mass is 16.1. The number of fused-ring (bicyclic) bond motifs is 9. The number of pyridine rings is 1. The van der Waals surface area contributed by atoms with Crippen LogP contribution in [0.4, 0.5) is 0 Å². The third kappa shape index (κ3) is 4.38. The van der Waals surface area contributed by atoms with Crippen LogP contribution in [-0.2, 0) is 0 Å². The van der Waals surface area contributed by atoms with Crippen molar-refractivity contribution in [1.82, 2.24) is 18.7 Å². The van der Waals surface area contributed by atoms with Crippen LogP contribution in [0.15, 0.2) is 182 Å². The number of aromatic nitrogens is 4. The standard InChI is InChI=1S/C48H30N4O/c53-48(32-25-27-49-28-26-32)31-17-19-33(20-18-31)50-46-23-21-34(51-42-13-5-1-9-36(42)37-10-2-6-14-43(37)51)29-40(46)41-30-35(22-24-47(41)50)52-44-15-7-3-11-38(44)39-12-4-8-16-45(39)52/h1-30H. The van der Waals surface area contributed by atoms with Crippen molar-refractivity contribution in [2.24, 2.45) is 0 Å². The number of hydrogen-bond acceptors (Lipinski definition) is 2. The van der Waals surface area contributed by atoms with Crippen LogP contribution in [0.1, 0.15) is 15.9 Å². The number of para-hydroxylation sites is 4. The molecule has 5 heteroatoms. The van der Waals surface area contributed by atoms with Crippen molar-refractivity contribution in [3.63, 3.8) is 0 Å². The summed E-state index contributed by atoms with van der Waals surface area (Å²) in [4.78, 5) is 17.4. The fraction of sp³-hybridized carbons (Fsp3) is 0. The van der Waals surface area contributed by atoms with E-state index in [2.05, 4.69) is 164 Å². The number of nitrogens with zero attached hydrogens (tertiary/aromatic N) is 4. The summed E-state index contributed by atoms with van der Waals surface area (Å²) in [5.74, 6) is -0.0205. The van der Waals surface area contributed by atoms with Gasteiger partial charge < -0.3 is 13.7 Å². The van der Waals surface area contributed by atoms with Crippen LogP contribution in [-0.4, -0.2) is 24.5 Å². The zero-order valence-corrected chi connectivity index (χ0v) is 28.5. The maximum Gasteiger partial charge on any atom is 0.193 e. The maximum absolute atomic E-state index is 13.3. The summed E-state index contributed by atoms with van der Waals surface area (Å²) in [6.07, 6.45) is 3.31. The van der Waals surface area contributed by atoms with E-state index >= 15 is 0 Å². The molecular formula is C48H30N4O. The number of benzene rings is 7. The lowest BCUT2D eigenvalue weighted by atomic mass is 10.0. The first-order valence-corrected chi connectivity index (χ1v) is 17.8. The van der Waals surface area contributed by atoms with Gasteiger partial charge in [-0.05, 0) is 97.1 Å². The van der Waals surface area contributed by atoms with E-state index in [1.165, 1.54) is 43.6 Å². The molecule has 248 valence electrons. The Hall–Kier alpha value is -7.24. The van der Waals surface area contributed by atoms with Crippen LogP contribution in [0.2, 0.25) is 0 Å². The summed E-state index contributed by atoms with van der Waals surface area (Å²) in [5, 5.41) is 7.25. The van der Waals surface area contributed by atoms with E-state index in [-0.39, 0.29) is 5.78 Å². The first kappa shape index (κ1) is 29.5. The number of carbonyl (C=O) groups excluding carboxylic acids is 1. The molecule has 0 radical (unpaired) electrons. The van der Waals surface area contributed by atoms with Crippen LogP contribution in [0.3, 0.4) is 0 Å². The molecule has 0 unspecified atom stereocenters. The highest BCUT2D eigenvalue weighted by molar-refractivity contribution is 6.14. The molecule has 11 rings (SSSR count). The van der Waals surface area contributed by atoms with Gasteiger partial charge in [-0.3, -0.25) is 9.78 Å². The summed E-state index contributed by atoms with van der Waals surface area (Å²) in [7, 11) is 0. The predicted octanol–water partition coefficient (Wildman–Crippen LogP) is 11.6. The number of ketones is 1. The third-order valence-electron chi connectivity index (χ3n) is 10.7. The average molecular weight is 679 g/mol. The minimum Gasteiger partial charge on any atom is -0.309 e. The summed E-state index contributed by atoms with van der Waals surface area (Å²) in [6, 6.07) is 59.6. The number of rotatable bonds is 5. The van der Waals surface area contributed by atoms with E-state index < -0.39 is 0 Å². The minimum atomic E-state index is -0.0205. The van der Waals surface area contributed by atoms with Gasteiger partial charge in [0.05, 0.1) is 33.1 Å². The van der Waals surface area contributed by atoms with Crippen LogP contribution < -0.4 is 0 Å². The second-order valence-corrected chi connectivity index (χ2v) is 13.6. The molecule has 11 aromatic rings. The topological polar surface area (TPSA) is 44.8 Å². The summed E-state index contributed by atoms with van der Waals surface area (Å²) < 4.78 is 7.07. The van der Waals surface area contributed by atoms with E-state index in [9.17, 15) is 4.79 Å². The SMILES string of the molecule is O=C(c1ccncc1)c1ccc(-n2c3ccc(-n4c5ccccc5c5ccccc54)cc3c3cc(-n4c5ccccc5c5ccccc54)ccc32)cc1. The van der Waals surface area contributed by atoms with Crippen molar-refractivity contribution in [3.05, 3.63) is 193 Å². The highest BCUT2D eigenvalue weighted by Crippen LogP contribution is 2.39. The van der Waals surface area contributed by atoms with Crippen molar-refractivity contribution >= 4 is 71.2 Å². The second kappa shape index (κ2) is 11.4. The van der Waals surface area contributed by atoms with E-state index in [1.807, 2.05) is 12.1 Å². The molecule has 0 bridgehead atoms. The molecule has 0 saturated carbocycles. The van der Waals surface area contributed by atoms with E-state index in [0.717, 1.165) is 38.9 Å². The molecule has 0 atom stereocenters. The zero-order chi connectivity index (χ0) is 35.0. The van der Waals surface area contributed by atoms with Crippen molar-refractivity contribution in [3.8, 4) is 17.1 Å². The monoisotopic (exact) mass is 678 g/mol. The fourth-order valence-corrected chi connectivity index (χ4v) is 8.39. The van der Waals surface area contributed by atoms with Crippen LogP contribution in [0, 0.1) is 0 Å². The summed E-state index contributed by atoms with van der Waals surface area (Å²) in [6.45, 7) is 0. The lowest BCUT2D eigenvalue weighted by Gasteiger charge is -2.11. The Kier molecular flexibility index (Phi) is 6.34. The Balaban J connectivity index is 1.17. The van der Waals surface area contributed by atoms with Crippen molar-refractivity contribution in [2.75, 3.05) is 0 Å². The molecule has 5 nitrogen and oxygen atoms in total. The first-order chi connectivity index (χ1) is 26.2. The molecule has 0 aliphatic heterocycles. The van der Waals surface area contributed by atoms with E-state index in [1.54, 1.807) is 24.5 Å². The predicted molar refractivity (Wildman–Crippen MR) is 217 cm³/mol. The van der Waals surface area contributed by atoms with E-state index in [0.29, 0.717) is 11.1 Å². The van der Waals surface area contributed by atoms with Gasteiger partial charge in [0.2, 0.25) is 0 Å². The van der Waals surface area contributed by atoms with Gasteiger partial charge in [-0.25, -0.2) is 0 Å². The zero-order valence-electron chi connectivity index (χ0n) is 28.5. The molecule has 0 fully saturated rings. The lowest BCUT2D eigenvalue weighted by Crippen LogP contribution is -2.02. The molecule has 0 aliphatic rings. The molecule has 4 aromatic heterocycles. The van der Waals surface area contributed by atoms with Crippen LogP contribution in [0.5, 0.6) is 0 Å². The summed E-state index contributed by atoms with van der Waals surface area (Å²) in [5.41, 5.74) is 11.4. The third-order valence-corrected chi connectivity index (χ3v) is 10.7. The molecule has 0 N–H and O–H groups in total. The van der Waals surface area contributed by atoms with Gasteiger partial charge in [-0.1, -0.05) is 72.8 Å². The molecule has 53 heavy (non-hydrogen) atoms. The second-order valence-electron chi connectivity index (χ2n) is 13.6. The number of hydrogen-bond donors (Lipinski definition) is 0. The molecule has 0 saturated heterocycles. The Morgan fingerprint density at radius 1 is 0.340 bits per heavy atom. The Bertz CT molecular complexity index is 2960.